The molecule has 100 valence electrons. The standard InChI is InChI=1S/C13H22N4O/c1-10(14)3-6-13(18)17(11-4-5-11)9-12-15-7-8-16(12)2/h7-8,10-11H,3-6,9,14H2,1-2H3. The summed E-state index contributed by atoms with van der Waals surface area (Å²) in [4.78, 5) is 18.5. The summed E-state index contributed by atoms with van der Waals surface area (Å²) in [5, 5.41) is 0. The largest absolute Gasteiger partial charge is 0.337 e. The van der Waals surface area contributed by atoms with Crippen molar-refractivity contribution in [1.29, 1.82) is 0 Å². The van der Waals surface area contributed by atoms with E-state index in [0.29, 0.717) is 19.0 Å². The van der Waals surface area contributed by atoms with Gasteiger partial charge in [0, 0.05) is 37.9 Å². The predicted octanol–water partition coefficient (Wildman–Crippen LogP) is 1.04. The first-order valence-electron chi connectivity index (χ1n) is 6.59. The van der Waals surface area contributed by atoms with E-state index in [1.54, 1.807) is 6.20 Å². The maximum atomic E-state index is 12.2. The van der Waals surface area contributed by atoms with Crippen LogP contribution in [0.25, 0.3) is 0 Å². The number of aryl methyl sites for hydroxylation is 1. The van der Waals surface area contributed by atoms with Crippen molar-refractivity contribution in [1.82, 2.24) is 14.5 Å². The molecule has 2 rings (SSSR count). The van der Waals surface area contributed by atoms with Crippen molar-refractivity contribution in [2.75, 3.05) is 0 Å². The van der Waals surface area contributed by atoms with E-state index in [1.165, 1.54) is 0 Å². The van der Waals surface area contributed by atoms with Gasteiger partial charge in [0.15, 0.2) is 0 Å². The zero-order chi connectivity index (χ0) is 13.1. The minimum Gasteiger partial charge on any atom is -0.337 e. The van der Waals surface area contributed by atoms with E-state index in [9.17, 15) is 4.79 Å². The fourth-order valence-corrected chi connectivity index (χ4v) is 2.00. The highest BCUT2D eigenvalue weighted by molar-refractivity contribution is 5.76. The zero-order valence-electron chi connectivity index (χ0n) is 11.2. The van der Waals surface area contributed by atoms with Crippen LogP contribution in [0.2, 0.25) is 0 Å². The van der Waals surface area contributed by atoms with Crippen LogP contribution < -0.4 is 5.73 Å². The van der Waals surface area contributed by atoms with Crippen LogP contribution >= 0.6 is 0 Å². The van der Waals surface area contributed by atoms with E-state index in [2.05, 4.69) is 4.98 Å². The molecular formula is C13H22N4O. The number of amides is 1. The summed E-state index contributed by atoms with van der Waals surface area (Å²) in [6.07, 6.45) is 7.21. The first kappa shape index (κ1) is 13.1. The van der Waals surface area contributed by atoms with Crippen LogP contribution in [0, 0.1) is 0 Å². The fourth-order valence-electron chi connectivity index (χ4n) is 2.00. The average molecular weight is 250 g/mol. The van der Waals surface area contributed by atoms with E-state index in [0.717, 1.165) is 25.1 Å². The van der Waals surface area contributed by atoms with Crippen molar-refractivity contribution in [2.45, 2.75) is 51.2 Å². The highest BCUT2D eigenvalue weighted by Crippen LogP contribution is 2.28. The fraction of sp³-hybridized carbons (Fsp3) is 0.692. The van der Waals surface area contributed by atoms with Gasteiger partial charge in [-0.3, -0.25) is 4.79 Å². The summed E-state index contributed by atoms with van der Waals surface area (Å²) in [7, 11) is 1.96. The molecule has 0 aliphatic heterocycles. The third-order valence-corrected chi connectivity index (χ3v) is 3.35. The number of hydrogen-bond donors (Lipinski definition) is 1. The molecule has 1 atom stereocenters. The van der Waals surface area contributed by atoms with Gasteiger partial charge in [0.05, 0.1) is 6.54 Å². The molecule has 2 N–H and O–H groups in total. The third-order valence-electron chi connectivity index (χ3n) is 3.35. The lowest BCUT2D eigenvalue weighted by Crippen LogP contribution is -2.34. The van der Waals surface area contributed by atoms with Gasteiger partial charge < -0.3 is 15.2 Å². The van der Waals surface area contributed by atoms with Crippen LogP contribution in [-0.4, -0.2) is 32.4 Å². The molecule has 5 heteroatoms. The van der Waals surface area contributed by atoms with Crippen LogP contribution in [0.5, 0.6) is 0 Å². The van der Waals surface area contributed by atoms with Gasteiger partial charge in [-0.1, -0.05) is 0 Å². The monoisotopic (exact) mass is 250 g/mol. The number of carbonyl (C=O) groups excluding carboxylic acids is 1. The number of imidazole rings is 1. The molecule has 1 aromatic rings. The van der Waals surface area contributed by atoms with Crippen LogP contribution in [0.1, 0.15) is 38.4 Å². The number of carbonyl (C=O) groups is 1. The second-order valence-corrected chi connectivity index (χ2v) is 5.22. The maximum absolute atomic E-state index is 12.2. The summed E-state index contributed by atoms with van der Waals surface area (Å²) < 4.78 is 1.97. The van der Waals surface area contributed by atoms with Crippen molar-refractivity contribution < 1.29 is 4.79 Å². The van der Waals surface area contributed by atoms with Gasteiger partial charge >= 0.3 is 0 Å². The van der Waals surface area contributed by atoms with E-state index < -0.39 is 0 Å². The van der Waals surface area contributed by atoms with Gasteiger partial charge in [-0.05, 0) is 26.2 Å². The Labute approximate surface area is 108 Å². The third kappa shape index (κ3) is 3.32. The molecule has 18 heavy (non-hydrogen) atoms. The summed E-state index contributed by atoms with van der Waals surface area (Å²) in [6, 6.07) is 0.505. The molecule has 0 aromatic carbocycles. The molecule has 0 saturated heterocycles. The van der Waals surface area contributed by atoms with Crippen molar-refractivity contribution >= 4 is 5.91 Å². The molecule has 1 amide bonds. The lowest BCUT2D eigenvalue weighted by molar-refractivity contribution is -0.132. The van der Waals surface area contributed by atoms with E-state index in [1.807, 2.05) is 29.6 Å². The second-order valence-electron chi connectivity index (χ2n) is 5.22. The zero-order valence-corrected chi connectivity index (χ0v) is 11.2. The normalized spacial score (nSPS) is 16.6. The number of hydrogen-bond acceptors (Lipinski definition) is 3. The molecule has 1 aliphatic carbocycles. The minimum atomic E-state index is 0.0863. The van der Waals surface area contributed by atoms with Crippen molar-refractivity contribution in [3.63, 3.8) is 0 Å². The molecular weight excluding hydrogens is 228 g/mol. The summed E-state index contributed by atoms with van der Waals surface area (Å²) in [6.45, 7) is 2.56. The maximum Gasteiger partial charge on any atom is 0.223 e. The Bertz CT molecular complexity index is 409. The molecule has 1 aliphatic rings. The van der Waals surface area contributed by atoms with Crippen molar-refractivity contribution in [3.8, 4) is 0 Å². The Hall–Kier alpha value is -1.36. The predicted molar refractivity (Wildman–Crippen MR) is 69.7 cm³/mol. The second kappa shape index (κ2) is 5.52. The molecule has 0 radical (unpaired) electrons. The number of nitrogens with two attached hydrogens (primary N) is 1. The van der Waals surface area contributed by atoms with Crippen LogP contribution in [0.15, 0.2) is 12.4 Å². The minimum absolute atomic E-state index is 0.0863. The SMILES string of the molecule is CC(N)CCC(=O)N(Cc1nccn1C)C1CC1. The lowest BCUT2D eigenvalue weighted by Gasteiger charge is -2.22. The van der Waals surface area contributed by atoms with Crippen LogP contribution in [0.3, 0.4) is 0 Å². The molecule has 1 fully saturated rings. The van der Waals surface area contributed by atoms with E-state index >= 15 is 0 Å². The summed E-state index contributed by atoms with van der Waals surface area (Å²) in [5.74, 6) is 1.15. The molecule has 5 nitrogen and oxygen atoms in total. The Morgan fingerprint density at radius 2 is 2.39 bits per heavy atom. The van der Waals surface area contributed by atoms with E-state index in [-0.39, 0.29) is 11.9 Å². The number of aromatic nitrogens is 2. The quantitative estimate of drug-likeness (QED) is 0.820. The van der Waals surface area contributed by atoms with E-state index in [4.69, 9.17) is 5.73 Å². The summed E-state index contributed by atoms with van der Waals surface area (Å²) in [5.41, 5.74) is 5.71. The molecule has 0 bridgehead atoms. The van der Waals surface area contributed by atoms with Crippen molar-refractivity contribution in [3.05, 3.63) is 18.2 Å². The van der Waals surface area contributed by atoms with Gasteiger partial charge in [0.1, 0.15) is 5.82 Å². The number of nitrogens with zero attached hydrogens (tertiary/aromatic N) is 3. The van der Waals surface area contributed by atoms with Gasteiger partial charge in [-0.2, -0.15) is 0 Å². The molecule has 1 heterocycles. The van der Waals surface area contributed by atoms with Crippen LogP contribution in [0.4, 0.5) is 0 Å². The molecule has 1 saturated carbocycles. The van der Waals surface area contributed by atoms with Crippen molar-refractivity contribution in [2.24, 2.45) is 12.8 Å². The van der Waals surface area contributed by atoms with Crippen LogP contribution in [-0.2, 0) is 18.4 Å². The van der Waals surface area contributed by atoms with Gasteiger partial charge in [0.25, 0.3) is 0 Å². The smallest absolute Gasteiger partial charge is 0.223 e. The Balaban J connectivity index is 1.96. The highest BCUT2D eigenvalue weighted by atomic mass is 16.2. The topological polar surface area (TPSA) is 64.2 Å². The first-order valence-corrected chi connectivity index (χ1v) is 6.59. The Kier molecular flexibility index (Phi) is 4.01. The highest BCUT2D eigenvalue weighted by Gasteiger charge is 2.32. The first-order chi connectivity index (χ1) is 8.58. The Morgan fingerprint density at radius 3 is 2.89 bits per heavy atom. The molecule has 1 aromatic heterocycles. The summed E-state index contributed by atoms with van der Waals surface area (Å²) >= 11 is 0. The molecule has 0 spiro atoms. The lowest BCUT2D eigenvalue weighted by atomic mass is 10.2. The number of rotatable bonds is 6. The average Bonchev–Trinajstić information content (AvgIpc) is 3.08. The van der Waals surface area contributed by atoms with Gasteiger partial charge in [0.2, 0.25) is 5.91 Å². The van der Waals surface area contributed by atoms with Gasteiger partial charge in [-0.25, -0.2) is 4.98 Å². The Morgan fingerprint density at radius 1 is 1.67 bits per heavy atom. The molecule has 1 unspecified atom stereocenters. The van der Waals surface area contributed by atoms with Gasteiger partial charge in [-0.15, -0.1) is 0 Å².